The van der Waals surface area contributed by atoms with Gasteiger partial charge in [0.25, 0.3) is 0 Å². The molecule has 0 bridgehead atoms. The van der Waals surface area contributed by atoms with E-state index in [4.69, 9.17) is 16.9 Å². The summed E-state index contributed by atoms with van der Waals surface area (Å²) in [6.07, 6.45) is 5.72. The summed E-state index contributed by atoms with van der Waals surface area (Å²) in [6.45, 7) is 2.14. The molecule has 0 aliphatic rings. The Balaban J connectivity index is 3.32. The predicted octanol–water partition coefficient (Wildman–Crippen LogP) is 3.21. The van der Waals surface area contributed by atoms with Gasteiger partial charge in [-0.05, 0) is 12.8 Å². The molecule has 1 nitrogen and oxygen atoms in total. The average molecular weight is 158 g/mol. The fourth-order valence-corrected chi connectivity index (χ4v) is 0.869. The SMILES string of the molecule is CCCCC/C(Cl)=C\C#N. The van der Waals surface area contributed by atoms with Crippen LogP contribution >= 0.6 is 11.6 Å². The summed E-state index contributed by atoms with van der Waals surface area (Å²) < 4.78 is 0. The Hall–Kier alpha value is -0.480. The molecule has 0 fully saturated rings. The van der Waals surface area contributed by atoms with Gasteiger partial charge in [0.15, 0.2) is 0 Å². The van der Waals surface area contributed by atoms with Crippen molar-refractivity contribution in [1.29, 1.82) is 5.26 Å². The first kappa shape index (κ1) is 9.52. The Morgan fingerprint density at radius 1 is 1.60 bits per heavy atom. The number of unbranched alkanes of at least 4 members (excludes halogenated alkanes) is 2. The molecule has 0 spiro atoms. The van der Waals surface area contributed by atoms with Crippen molar-refractivity contribution >= 4 is 11.6 Å². The van der Waals surface area contributed by atoms with Gasteiger partial charge in [-0.3, -0.25) is 0 Å². The van der Waals surface area contributed by atoms with Crippen molar-refractivity contribution in [3.63, 3.8) is 0 Å². The molecule has 0 aliphatic heterocycles. The smallest absolute Gasteiger partial charge is 0.0924 e. The van der Waals surface area contributed by atoms with Gasteiger partial charge in [0.05, 0.1) is 6.07 Å². The molecule has 0 heterocycles. The van der Waals surface area contributed by atoms with Crippen LogP contribution in [0.15, 0.2) is 11.1 Å². The first-order chi connectivity index (χ1) is 4.81. The van der Waals surface area contributed by atoms with Gasteiger partial charge in [-0.25, -0.2) is 0 Å². The molecule has 0 aromatic heterocycles. The van der Waals surface area contributed by atoms with E-state index in [1.807, 2.05) is 6.07 Å². The fourth-order valence-electron chi connectivity index (χ4n) is 0.686. The summed E-state index contributed by atoms with van der Waals surface area (Å²) in [6, 6.07) is 1.90. The molecule has 10 heavy (non-hydrogen) atoms. The number of nitrogens with zero attached hydrogens (tertiary/aromatic N) is 1. The summed E-state index contributed by atoms with van der Waals surface area (Å²) in [5.41, 5.74) is 0. The minimum Gasteiger partial charge on any atom is -0.193 e. The van der Waals surface area contributed by atoms with Crippen LogP contribution in [0.3, 0.4) is 0 Å². The second-order valence-corrected chi connectivity index (χ2v) is 2.66. The Kier molecular flexibility index (Phi) is 6.32. The van der Waals surface area contributed by atoms with Crippen LogP contribution in [0, 0.1) is 11.3 Å². The van der Waals surface area contributed by atoms with E-state index < -0.39 is 0 Å². The first-order valence-corrected chi connectivity index (χ1v) is 3.93. The summed E-state index contributed by atoms with van der Waals surface area (Å²) in [5, 5.41) is 8.86. The zero-order chi connectivity index (χ0) is 7.82. The van der Waals surface area contributed by atoms with Crippen molar-refractivity contribution in [2.45, 2.75) is 32.6 Å². The lowest BCUT2D eigenvalue weighted by atomic mass is 10.2. The Bertz CT molecular complexity index is 144. The summed E-state index contributed by atoms with van der Waals surface area (Å²) >= 11 is 5.66. The third kappa shape index (κ3) is 5.65. The molecular formula is C8H12ClN. The van der Waals surface area contributed by atoms with E-state index in [1.165, 1.54) is 18.9 Å². The minimum atomic E-state index is 0.677. The van der Waals surface area contributed by atoms with Gasteiger partial charge in [0.1, 0.15) is 0 Å². The van der Waals surface area contributed by atoms with Crippen LogP contribution in [0.4, 0.5) is 0 Å². The lowest BCUT2D eigenvalue weighted by molar-refractivity contribution is 0.725. The van der Waals surface area contributed by atoms with E-state index in [2.05, 4.69) is 6.92 Å². The topological polar surface area (TPSA) is 23.8 Å². The maximum Gasteiger partial charge on any atom is 0.0924 e. The van der Waals surface area contributed by atoms with Crippen LogP contribution in [-0.2, 0) is 0 Å². The van der Waals surface area contributed by atoms with Crippen molar-refractivity contribution in [2.24, 2.45) is 0 Å². The van der Waals surface area contributed by atoms with Crippen LogP contribution in [0.25, 0.3) is 0 Å². The molecular weight excluding hydrogens is 146 g/mol. The molecule has 0 atom stereocenters. The van der Waals surface area contributed by atoms with Crippen molar-refractivity contribution < 1.29 is 0 Å². The molecule has 0 aromatic rings. The van der Waals surface area contributed by atoms with Crippen molar-refractivity contribution in [2.75, 3.05) is 0 Å². The van der Waals surface area contributed by atoms with E-state index >= 15 is 0 Å². The van der Waals surface area contributed by atoms with Crippen LogP contribution in [0.2, 0.25) is 0 Å². The lowest BCUT2D eigenvalue weighted by Gasteiger charge is -1.94. The molecule has 0 amide bonds. The minimum absolute atomic E-state index is 0.677. The van der Waals surface area contributed by atoms with E-state index in [0.29, 0.717) is 5.03 Å². The number of allylic oxidation sites excluding steroid dienone is 2. The van der Waals surface area contributed by atoms with Gasteiger partial charge < -0.3 is 0 Å². The Labute approximate surface area is 67.3 Å². The highest BCUT2D eigenvalue weighted by molar-refractivity contribution is 6.29. The fraction of sp³-hybridized carbons (Fsp3) is 0.625. The van der Waals surface area contributed by atoms with Crippen molar-refractivity contribution in [1.82, 2.24) is 0 Å². The molecule has 2 heteroatoms. The number of nitriles is 1. The van der Waals surface area contributed by atoms with Crippen molar-refractivity contribution in [3.8, 4) is 6.07 Å². The molecule has 56 valence electrons. The Morgan fingerprint density at radius 2 is 2.30 bits per heavy atom. The largest absolute Gasteiger partial charge is 0.193 e. The molecule has 0 saturated heterocycles. The van der Waals surface area contributed by atoms with Gasteiger partial charge in [-0.1, -0.05) is 31.4 Å². The van der Waals surface area contributed by atoms with Gasteiger partial charge in [0.2, 0.25) is 0 Å². The van der Waals surface area contributed by atoms with Crippen molar-refractivity contribution in [3.05, 3.63) is 11.1 Å². The molecule has 0 aromatic carbocycles. The van der Waals surface area contributed by atoms with E-state index in [-0.39, 0.29) is 0 Å². The monoisotopic (exact) mass is 157 g/mol. The maximum atomic E-state index is 8.18. The maximum absolute atomic E-state index is 8.18. The average Bonchev–Trinajstić information content (AvgIpc) is 1.89. The van der Waals surface area contributed by atoms with Gasteiger partial charge in [0, 0.05) is 11.1 Å². The van der Waals surface area contributed by atoms with E-state index in [1.54, 1.807) is 0 Å². The quantitative estimate of drug-likeness (QED) is 0.454. The highest BCUT2D eigenvalue weighted by Crippen LogP contribution is 2.11. The standard InChI is InChI=1S/C8H12ClN/c1-2-3-4-5-8(9)6-7-10/h6H,2-5H2,1H3/b8-6+. The Morgan fingerprint density at radius 3 is 2.80 bits per heavy atom. The summed E-state index contributed by atoms with van der Waals surface area (Å²) in [7, 11) is 0. The first-order valence-electron chi connectivity index (χ1n) is 3.55. The highest BCUT2D eigenvalue weighted by atomic mass is 35.5. The second kappa shape index (κ2) is 6.64. The lowest BCUT2D eigenvalue weighted by Crippen LogP contribution is -1.75. The number of halogens is 1. The molecule has 0 saturated carbocycles. The molecule has 0 unspecified atom stereocenters. The number of hydrogen-bond acceptors (Lipinski definition) is 1. The zero-order valence-electron chi connectivity index (χ0n) is 6.23. The number of rotatable bonds is 4. The summed E-state index contributed by atoms with van der Waals surface area (Å²) in [4.78, 5) is 0. The molecule has 0 rings (SSSR count). The van der Waals surface area contributed by atoms with Crippen LogP contribution < -0.4 is 0 Å². The second-order valence-electron chi connectivity index (χ2n) is 2.18. The molecule has 0 aliphatic carbocycles. The normalized spacial score (nSPS) is 11.1. The van der Waals surface area contributed by atoms with Crippen LogP contribution in [0.1, 0.15) is 32.6 Å². The summed E-state index contributed by atoms with van der Waals surface area (Å²) in [5.74, 6) is 0. The third-order valence-electron chi connectivity index (χ3n) is 1.24. The number of hydrogen-bond donors (Lipinski definition) is 0. The van der Waals surface area contributed by atoms with Crippen LogP contribution in [-0.4, -0.2) is 0 Å². The third-order valence-corrected chi connectivity index (χ3v) is 1.54. The zero-order valence-corrected chi connectivity index (χ0v) is 6.99. The van der Waals surface area contributed by atoms with Gasteiger partial charge >= 0.3 is 0 Å². The molecule has 0 radical (unpaired) electrons. The van der Waals surface area contributed by atoms with Gasteiger partial charge in [-0.2, -0.15) is 5.26 Å². The predicted molar refractivity (Wildman–Crippen MR) is 43.7 cm³/mol. The van der Waals surface area contributed by atoms with Gasteiger partial charge in [-0.15, -0.1) is 0 Å². The van der Waals surface area contributed by atoms with Crippen LogP contribution in [0.5, 0.6) is 0 Å². The van der Waals surface area contributed by atoms with E-state index in [0.717, 1.165) is 12.8 Å². The van der Waals surface area contributed by atoms with E-state index in [9.17, 15) is 0 Å². The molecule has 0 N–H and O–H groups in total. The highest BCUT2D eigenvalue weighted by Gasteiger charge is 1.90.